The number of anilines is 2. The largest absolute Gasteiger partial charge is 0.493 e. The number of halogens is 1. The minimum Gasteiger partial charge on any atom is -0.493 e. The number of benzene rings is 3. The van der Waals surface area contributed by atoms with E-state index in [0.717, 1.165) is 40.2 Å². The molecule has 3 aromatic carbocycles. The van der Waals surface area contributed by atoms with Crippen LogP contribution in [0, 0.1) is 11.2 Å². The van der Waals surface area contributed by atoms with E-state index in [0.29, 0.717) is 17.9 Å². The Labute approximate surface area is 205 Å². The second-order valence-electron chi connectivity index (χ2n) is 9.91. The summed E-state index contributed by atoms with van der Waals surface area (Å²) in [6.07, 6.45) is 1.29. The molecule has 0 bridgehead atoms. The minimum atomic E-state index is -0.329. The van der Waals surface area contributed by atoms with Crippen molar-refractivity contribution in [2.45, 2.75) is 39.3 Å². The Morgan fingerprint density at radius 2 is 1.71 bits per heavy atom. The van der Waals surface area contributed by atoms with E-state index in [1.165, 1.54) is 12.1 Å². The molecule has 0 unspecified atom stereocenters. The molecule has 35 heavy (non-hydrogen) atoms. The number of hydrogen-bond donors (Lipinski definition) is 2. The second-order valence-corrected chi connectivity index (χ2v) is 9.91. The second kappa shape index (κ2) is 9.10. The summed E-state index contributed by atoms with van der Waals surface area (Å²) in [6, 6.07) is 19.6. The van der Waals surface area contributed by atoms with Gasteiger partial charge in [-0.3, -0.25) is 4.79 Å². The Bertz CT molecular complexity index is 1300. The molecular weight excluding hydrogens is 443 g/mol. The molecule has 180 valence electrons. The lowest BCUT2D eigenvalue weighted by Crippen LogP contribution is -2.31. The van der Waals surface area contributed by atoms with Crippen LogP contribution in [0.25, 0.3) is 0 Å². The van der Waals surface area contributed by atoms with Gasteiger partial charge in [0.05, 0.1) is 24.5 Å². The van der Waals surface area contributed by atoms with Gasteiger partial charge in [0.2, 0.25) is 0 Å². The third-order valence-corrected chi connectivity index (χ3v) is 6.55. The summed E-state index contributed by atoms with van der Waals surface area (Å²) in [5, 5.41) is 7.14. The molecule has 1 aliphatic carbocycles. The fraction of sp³-hybridized carbons (Fsp3) is 0.276. The first kappa shape index (κ1) is 23.0. The van der Waals surface area contributed by atoms with E-state index in [1.54, 1.807) is 19.2 Å². The Morgan fingerprint density at radius 3 is 2.46 bits per heavy atom. The lowest BCUT2D eigenvalue weighted by molar-refractivity contribution is -0.118. The molecule has 0 amide bonds. The van der Waals surface area contributed by atoms with Crippen molar-refractivity contribution in [3.8, 4) is 11.5 Å². The highest BCUT2D eigenvalue weighted by molar-refractivity contribution is 6.01. The summed E-state index contributed by atoms with van der Waals surface area (Å²) in [4.78, 5) is 13.4. The van der Waals surface area contributed by atoms with Crippen molar-refractivity contribution in [3.63, 3.8) is 0 Å². The van der Waals surface area contributed by atoms with Gasteiger partial charge in [0.1, 0.15) is 12.4 Å². The summed E-state index contributed by atoms with van der Waals surface area (Å²) in [7, 11) is 1.60. The maximum Gasteiger partial charge on any atom is 0.163 e. The van der Waals surface area contributed by atoms with Crippen molar-refractivity contribution >= 4 is 17.2 Å². The van der Waals surface area contributed by atoms with Crippen LogP contribution in [-0.4, -0.2) is 12.9 Å². The van der Waals surface area contributed by atoms with Gasteiger partial charge in [-0.2, -0.15) is 0 Å². The molecular formula is C29H29FN2O3. The van der Waals surface area contributed by atoms with Crippen LogP contribution in [0.3, 0.4) is 0 Å². The number of ether oxygens (including phenoxy) is 2. The van der Waals surface area contributed by atoms with Gasteiger partial charge < -0.3 is 20.1 Å². The number of methoxy groups -OCH3 is 1. The van der Waals surface area contributed by atoms with Gasteiger partial charge in [-0.1, -0.05) is 44.2 Å². The number of carbonyl (C=O) groups is 1. The first-order valence-corrected chi connectivity index (χ1v) is 11.8. The Morgan fingerprint density at radius 1 is 0.971 bits per heavy atom. The van der Waals surface area contributed by atoms with Crippen molar-refractivity contribution in [3.05, 3.63) is 94.9 Å². The predicted molar refractivity (Wildman–Crippen MR) is 135 cm³/mol. The number of carbonyl (C=O) groups excluding carboxylic acids is 1. The Kier molecular flexibility index (Phi) is 5.97. The monoisotopic (exact) mass is 472 g/mol. The highest BCUT2D eigenvalue weighted by Gasteiger charge is 2.38. The SMILES string of the molecule is COc1cc([C@H]2Nc3ccccc3NC3=C2C(=O)CC(C)(C)C3)ccc1OCc1ccc(F)cc1. The van der Waals surface area contributed by atoms with Crippen LogP contribution in [-0.2, 0) is 11.4 Å². The van der Waals surface area contributed by atoms with Crippen molar-refractivity contribution in [1.82, 2.24) is 0 Å². The van der Waals surface area contributed by atoms with Crippen LogP contribution in [0.1, 0.15) is 43.9 Å². The number of fused-ring (bicyclic) bond motifs is 1. The number of rotatable bonds is 5. The molecule has 0 saturated carbocycles. The van der Waals surface area contributed by atoms with Gasteiger partial charge in [0.15, 0.2) is 17.3 Å². The van der Waals surface area contributed by atoms with E-state index >= 15 is 0 Å². The van der Waals surface area contributed by atoms with Crippen LogP contribution in [0.4, 0.5) is 15.8 Å². The summed E-state index contributed by atoms with van der Waals surface area (Å²) in [5.41, 5.74) is 5.28. The standard InChI is InChI=1S/C29H29FN2O3/c1-29(2)15-23-27(24(33)16-29)28(32-22-7-5-4-6-21(22)31-23)19-10-13-25(26(14-19)34-3)35-17-18-8-11-20(30)12-9-18/h4-14,28,31-32H,15-17H2,1-3H3/t28-/m1/s1. The normalized spacial score (nSPS) is 18.5. The van der Waals surface area contributed by atoms with Gasteiger partial charge >= 0.3 is 0 Å². The maximum absolute atomic E-state index is 13.4. The van der Waals surface area contributed by atoms with Gasteiger partial charge in [-0.05, 0) is 59.4 Å². The van der Waals surface area contributed by atoms with Crippen molar-refractivity contribution in [1.29, 1.82) is 0 Å². The molecule has 3 aromatic rings. The Balaban J connectivity index is 1.50. The van der Waals surface area contributed by atoms with E-state index in [1.807, 2.05) is 42.5 Å². The third kappa shape index (κ3) is 4.74. The number of ketones is 1. The predicted octanol–water partition coefficient (Wildman–Crippen LogP) is 6.64. The molecule has 6 heteroatoms. The molecule has 0 radical (unpaired) electrons. The van der Waals surface area contributed by atoms with Crippen molar-refractivity contribution in [2.75, 3.05) is 17.7 Å². The molecule has 2 N–H and O–H groups in total. The smallest absolute Gasteiger partial charge is 0.163 e. The van der Waals surface area contributed by atoms with Gasteiger partial charge in [0, 0.05) is 17.7 Å². The number of Topliss-reactive ketones (excluding diaryl/α,β-unsaturated/α-hetero) is 1. The minimum absolute atomic E-state index is 0.109. The average molecular weight is 473 g/mol. The zero-order chi connectivity index (χ0) is 24.6. The lowest BCUT2D eigenvalue weighted by atomic mass is 9.73. The van der Waals surface area contributed by atoms with Crippen LogP contribution in [0.15, 0.2) is 78.0 Å². The fourth-order valence-corrected chi connectivity index (χ4v) is 4.86. The molecule has 2 aliphatic rings. The zero-order valence-electron chi connectivity index (χ0n) is 20.2. The summed E-state index contributed by atoms with van der Waals surface area (Å²) >= 11 is 0. The third-order valence-electron chi connectivity index (χ3n) is 6.55. The molecule has 5 nitrogen and oxygen atoms in total. The molecule has 0 saturated heterocycles. The maximum atomic E-state index is 13.4. The van der Waals surface area contributed by atoms with Crippen LogP contribution < -0.4 is 20.1 Å². The molecule has 5 rings (SSSR count). The van der Waals surface area contributed by atoms with Crippen LogP contribution >= 0.6 is 0 Å². The summed E-state index contributed by atoms with van der Waals surface area (Å²) in [6.45, 7) is 4.55. The Hall–Kier alpha value is -3.80. The first-order valence-electron chi connectivity index (χ1n) is 11.8. The van der Waals surface area contributed by atoms with Gasteiger partial charge in [-0.15, -0.1) is 0 Å². The lowest BCUT2D eigenvalue weighted by Gasteiger charge is -2.34. The van der Waals surface area contributed by atoms with Crippen LogP contribution in [0.2, 0.25) is 0 Å². The first-order chi connectivity index (χ1) is 16.8. The van der Waals surface area contributed by atoms with Crippen LogP contribution in [0.5, 0.6) is 11.5 Å². The molecule has 0 spiro atoms. The fourth-order valence-electron chi connectivity index (χ4n) is 4.86. The number of allylic oxidation sites excluding steroid dienone is 1. The summed E-state index contributed by atoms with van der Waals surface area (Å²) in [5.74, 6) is 1.02. The quantitative estimate of drug-likeness (QED) is 0.436. The molecule has 1 atom stereocenters. The number of nitrogens with one attached hydrogen (secondary N) is 2. The van der Waals surface area contributed by atoms with E-state index in [4.69, 9.17) is 9.47 Å². The van der Waals surface area contributed by atoms with E-state index in [2.05, 4.69) is 24.5 Å². The van der Waals surface area contributed by atoms with Gasteiger partial charge in [-0.25, -0.2) is 4.39 Å². The molecule has 0 fully saturated rings. The van der Waals surface area contributed by atoms with E-state index in [-0.39, 0.29) is 29.7 Å². The number of hydrogen-bond acceptors (Lipinski definition) is 5. The van der Waals surface area contributed by atoms with Crippen molar-refractivity contribution < 1.29 is 18.7 Å². The summed E-state index contributed by atoms with van der Waals surface area (Å²) < 4.78 is 24.8. The van der Waals surface area contributed by atoms with Crippen molar-refractivity contribution in [2.24, 2.45) is 5.41 Å². The molecule has 0 aromatic heterocycles. The number of para-hydroxylation sites is 2. The molecule has 1 heterocycles. The van der Waals surface area contributed by atoms with Gasteiger partial charge in [0.25, 0.3) is 0 Å². The highest BCUT2D eigenvalue weighted by Crippen LogP contribution is 2.46. The molecule has 1 aliphatic heterocycles. The highest BCUT2D eigenvalue weighted by atomic mass is 19.1. The topological polar surface area (TPSA) is 59.6 Å². The van der Waals surface area contributed by atoms with E-state index < -0.39 is 0 Å². The average Bonchev–Trinajstić information content (AvgIpc) is 2.99. The van der Waals surface area contributed by atoms with E-state index in [9.17, 15) is 9.18 Å². The zero-order valence-corrected chi connectivity index (χ0v) is 20.2.